The van der Waals surface area contributed by atoms with E-state index in [-0.39, 0.29) is 10.1 Å². The second-order valence-electron chi connectivity index (χ2n) is 8.08. The van der Waals surface area contributed by atoms with Gasteiger partial charge in [0.1, 0.15) is 4.21 Å². The number of thiophene rings is 1. The summed E-state index contributed by atoms with van der Waals surface area (Å²) in [6, 6.07) is 18.2. The van der Waals surface area contributed by atoms with Crippen molar-refractivity contribution in [2.45, 2.75) is 43.0 Å². The Hall–Kier alpha value is -2.68. The van der Waals surface area contributed by atoms with Crippen LogP contribution in [-0.2, 0) is 16.6 Å². The molecular weight excluding hydrogens is 442 g/mol. The van der Waals surface area contributed by atoms with E-state index in [0.29, 0.717) is 17.3 Å². The molecule has 0 radical (unpaired) electrons. The van der Waals surface area contributed by atoms with E-state index in [1.807, 2.05) is 12.1 Å². The standard InChI is InChI=1S/C24H27N3O3S2/c1-18-5-2-3-15-27(18)17-19-7-11-21(12-8-19)25-24(28)20-9-13-22(14-10-20)26-32(29,30)23-6-4-16-31-23/h4,6-14,16,18,26H,2-3,5,15,17H2,1H3,(H,25,28). The first-order valence-electron chi connectivity index (χ1n) is 10.7. The zero-order valence-corrected chi connectivity index (χ0v) is 19.6. The molecule has 0 spiro atoms. The number of likely N-dealkylation sites (tertiary alicyclic amines) is 1. The fourth-order valence-electron chi connectivity index (χ4n) is 3.84. The first-order valence-corrected chi connectivity index (χ1v) is 13.1. The minimum Gasteiger partial charge on any atom is -0.322 e. The Morgan fingerprint density at radius 3 is 2.41 bits per heavy atom. The predicted molar refractivity (Wildman–Crippen MR) is 130 cm³/mol. The van der Waals surface area contributed by atoms with E-state index in [1.54, 1.807) is 41.8 Å². The van der Waals surface area contributed by atoms with Crippen molar-refractivity contribution in [3.05, 3.63) is 77.2 Å². The molecule has 2 N–H and O–H groups in total. The number of benzene rings is 2. The van der Waals surface area contributed by atoms with Gasteiger partial charge in [-0.05, 0) is 79.7 Å². The number of carbonyl (C=O) groups excluding carboxylic acids is 1. The fourth-order valence-corrected chi connectivity index (χ4v) is 5.89. The van der Waals surface area contributed by atoms with Crippen LogP contribution in [-0.4, -0.2) is 31.8 Å². The number of sulfonamides is 1. The first kappa shape index (κ1) is 22.5. The average Bonchev–Trinajstić information content (AvgIpc) is 3.33. The summed E-state index contributed by atoms with van der Waals surface area (Å²) in [6.07, 6.45) is 3.82. The number of amides is 1. The number of carbonyl (C=O) groups is 1. The van der Waals surface area contributed by atoms with Crippen molar-refractivity contribution < 1.29 is 13.2 Å². The highest BCUT2D eigenvalue weighted by Gasteiger charge is 2.18. The molecule has 32 heavy (non-hydrogen) atoms. The van der Waals surface area contributed by atoms with Gasteiger partial charge in [-0.15, -0.1) is 11.3 Å². The van der Waals surface area contributed by atoms with Crippen LogP contribution in [0, 0.1) is 0 Å². The van der Waals surface area contributed by atoms with Crippen molar-refractivity contribution in [1.82, 2.24) is 4.90 Å². The van der Waals surface area contributed by atoms with Crippen LogP contribution in [0.25, 0.3) is 0 Å². The van der Waals surface area contributed by atoms with Gasteiger partial charge in [0.2, 0.25) is 0 Å². The highest BCUT2D eigenvalue weighted by atomic mass is 32.2. The Bertz CT molecular complexity index is 1140. The van der Waals surface area contributed by atoms with E-state index in [9.17, 15) is 13.2 Å². The highest BCUT2D eigenvalue weighted by molar-refractivity contribution is 7.94. The molecule has 1 aliphatic rings. The summed E-state index contributed by atoms with van der Waals surface area (Å²) >= 11 is 1.15. The topological polar surface area (TPSA) is 78.5 Å². The van der Waals surface area contributed by atoms with Gasteiger partial charge in [-0.2, -0.15) is 0 Å². The van der Waals surface area contributed by atoms with Gasteiger partial charge in [0.15, 0.2) is 0 Å². The average molecular weight is 470 g/mol. The van der Waals surface area contributed by atoms with Crippen molar-refractivity contribution in [1.29, 1.82) is 0 Å². The molecule has 0 aliphatic carbocycles. The molecule has 1 atom stereocenters. The van der Waals surface area contributed by atoms with Crippen LogP contribution in [0.5, 0.6) is 0 Å². The molecule has 3 aromatic rings. The van der Waals surface area contributed by atoms with E-state index in [4.69, 9.17) is 0 Å². The summed E-state index contributed by atoms with van der Waals surface area (Å²) in [5, 5.41) is 4.61. The molecule has 1 aliphatic heterocycles. The Morgan fingerprint density at radius 1 is 1.03 bits per heavy atom. The molecule has 0 bridgehead atoms. The molecule has 6 nitrogen and oxygen atoms in total. The first-order chi connectivity index (χ1) is 15.4. The summed E-state index contributed by atoms with van der Waals surface area (Å²) < 4.78 is 27.4. The lowest BCUT2D eigenvalue weighted by Crippen LogP contribution is -2.36. The van der Waals surface area contributed by atoms with Crippen molar-refractivity contribution in [3.8, 4) is 0 Å². The van der Waals surface area contributed by atoms with E-state index in [2.05, 4.69) is 34.0 Å². The maximum absolute atomic E-state index is 12.6. The van der Waals surface area contributed by atoms with Crippen LogP contribution < -0.4 is 10.0 Å². The number of hydrogen-bond acceptors (Lipinski definition) is 5. The third-order valence-corrected chi connectivity index (χ3v) is 8.48. The maximum Gasteiger partial charge on any atom is 0.271 e. The summed E-state index contributed by atoms with van der Waals surface area (Å²) in [4.78, 5) is 15.1. The molecule has 2 heterocycles. The number of anilines is 2. The number of piperidine rings is 1. The second-order valence-corrected chi connectivity index (χ2v) is 10.9. The molecule has 8 heteroatoms. The molecule has 1 unspecified atom stereocenters. The zero-order valence-electron chi connectivity index (χ0n) is 18.0. The summed E-state index contributed by atoms with van der Waals surface area (Å²) in [5.74, 6) is -0.241. The molecule has 1 saturated heterocycles. The Balaban J connectivity index is 1.34. The van der Waals surface area contributed by atoms with Gasteiger partial charge in [0.25, 0.3) is 15.9 Å². The number of hydrogen-bond donors (Lipinski definition) is 2. The van der Waals surface area contributed by atoms with Crippen LogP contribution in [0.3, 0.4) is 0 Å². The Morgan fingerprint density at radius 2 is 1.75 bits per heavy atom. The van der Waals surface area contributed by atoms with Gasteiger partial charge < -0.3 is 5.32 Å². The predicted octanol–water partition coefficient (Wildman–Crippen LogP) is 5.18. The number of nitrogens with one attached hydrogen (secondary N) is 2. The lowest BCUT2D eigenvalue weighted by Gasteiger charge is -2.33. The van der Waals surface area contributed by atoms with E-state index in [1.165, 1.54) is 24.8 Å². The third-order valence-electron chi connectivity index (χ3n) is 5.70. The van der Waals surface area contributed by atoms with Gasteiger partial charge in [-0.1, -0.05) is 24.6 Å². The minimum absolute atomic E-state index is 0.241. The molecular formula is C24H27N3O3S2. The summed E-state index contributed by atoms with van der Waals surface area (Å²) in [7, 11) is -3.61. The van der Waals surface area contributed by atoms with Crippen LogP contribution in [0.2, 0.25) is 0 Å². The van der Waals surface area contributed by atoms with Gasteiger partial charge in [-0.3, -0.25) is 14.4 Å². The lowest BCUT2D eigenvalue weighted by atomic mass is 10.0. The van der Waals surface area contributed by atoms with Gasteiger partial charge >= 0.3 is 0 Å². The molecule has 1 amide bonds. The van der Waals surface area contributed by atoms with Crippen molar-refractivity contribution >= 4 is 38.6 Å². The lowest BCUT2D eigenvalue weighted by molar-refractivity contribution is 0.102. The molecule has 4 rings (SSSR count). The van der Waals surface area contributed by atoms with Gasteiger partial charge in [0, 0.05) is 29.5 Å². The molecule has 1 aromatic heterocycles. The van der Waals surface area contributed by atoms with E-state index >= 15 is 0 Å². The maximum atomic E-state index is 12.6. The monoisotopic (exact) mass is 469 g/mol. The van der Waals surface area contributed by atoms with Crippen molar-refractivity contribution in [3.63, 3.8) is 0 Å². The third kappa shape index (κ3) is 5.56. The molecule has 168 valence electrons. The SMILES string of the molecule is CC1CCCCN1Cc1ccc(NC(=O)c2ccc(NS(=O)(=O)c3cccs3)cc2)cc1. The highest BCUT2D eigenvalue weighted by Crippen LogP contribution is 2.22. The van der Waals surface area contributed by atoms with Crippen molar-refractivity contribution in [2.75, 3.05) is 16.6 Å². The minimum atomic E-state index is -3.61. The summed E-state index contributed by atoms with van der Waals surface area (Å²) in [5.41, 5.74) is 2.83. The second kappa shape index (κ2) is 9.85. The number of nitrogens with zero attached hydrogens (tertiary/aromatic N) is 1. The normalized spacial score (nSPS) is 17.1. The van der Waals surface area contributed by atoms with E-state index < -0.39 is 10.0 Å². The molecule has 0 saturated carbocycles. The van der Waals surface area contributed by atoms with Crippen LogP contribution >= 0.6 is 11.3 Å². The molecule has 1 fully saturated rings. The smallest absolute Gasteiger partial charge is 0.271 e. The van der Waals surface area contributed by atoms with E-state index in [0.717, 1.165) is 30.1 Å². The van der Waals surface area contributed by atoms with Gasteiger partial charge in [0.05, 0.1) is 0 Å². The fraction of sp³-hybridized carbons (Fsp3) is 0.292. The Labute approximate surface area is 193 Å². The summed E-state index contributed by atoms with van der Waals surface area (Å²) in [6.45, 7) is 4.35. The van der Waals surface area contributed by atoms with Crippen LogP contribution in [0.4, 0.5) is 11.4 Å². The zero-order chi connectivity index (χ0) is 22.6. The Kier molecular flexibility index (Phi) is 6.93. The quantitative estimate of drug-likeness (QED) is 0.500. The number of rotatable bonds is 7. The van der Waals surface area contributed by atoms with Gasteiger partial charge in [-0.25, -0.2) is 8.42 Å². The van der Waals surface area contributed by atoms with Crippen molar-refractivity contribution in [2.24, 2.45) is 0 Å². The van der Waals surface area contributed by atoms with Crippen LogP contribution in [0.15, 0.2) is 70.3 Å². The van der Waals surface area contributed by atoms with Crippen LogP contribution in [0.1, 0.15) is 42.1 Å². The largest absolute Gasteiger partial charge is 0.322 e. The molecule has 2 aromatic carbocycles.